The molecule has 0 aliphatic heterocycles. The molecule has 0 bridgehead atoms. The number of nitrogens with zero attached hydrogens (tertiary/aromatic N) is 3. The molecule has 0 aliphatic rings. The fraction of sp³-hybridized carbons (Fsp3) is 0.818. The van der Waals surface area contributed by atoms with Gasteiger partial charge in [-0.1, -0.05) is 31.9 Å². The zero-order valence-electron chi connectivity index (χ0n) is 10.0. The Morgan fingerprint density at radius 1 is 1.40 bits per heavy atom. The predicted molar refractivity (Wildman–Crippen MR) is 61.4 cm³/mol. The quantitative estimate of drug-likeness (QED) is 0.697. The van der Waals surface area contributed by atoms with Gasteiger partial charge >= 0.3 is 0 Å². The van der Waals surface area contributed by atoms with Crippen molar-refractivity contribution in [1.29, 1.82) is 0 Å². The van der Waals surface area contributed by atoms with E-state index in [0.717, 1.165) is 24.7 Å². The van der Waals surface area contributed by atoms with Crippen LogP contribution >= 0.6 is 0 Å². The van der Waals surface area contributed by atoms with Crippen molar-refractivity contribution in [2.45, 2.75) is 39.7 Å². The number of hydrogen-bond donors (Lipinski definition) is 1. The van der Waals surface area contributed by atoms with Crippen molar-refractivity contribution in [2.24, 2.45) is 13.0 Å². The van der Waals surface area contributed by atoms with Gasteiger partial charge in [0, 0.05) is 13.6 Å². The van der Waals surface area contributed by atoms with E-state index in [1.54, 1.807) is 10.9 Å². The molecule has 1 rings (SSSR count). The number of aryl methyl sites for hydroxylation is 1. The minimum absolute atomic E-state index is 0.825. The second-order valence-electron chi connectivity index (χ2n) is 4.42. The van der Waals surface area contributed by atoms with E-state index in [4.69, 9.17) is 0 Å². The van der Waals surface area contributed by atoms with Crippen molar-refractivity contribution >= 4 is 0 Å². The van der Waals surface area contributed by atoms with Gasteiger partial charge in [-0.25, -0.2) is 0 Å². The second-order valence-corrected chi connectivity index (χ2v) is 4.42. The van der Waals surface area contributed by atoms with E-state index >= 15 is 0 Å². The molecule has 15 heavy (non-hydrogen) atoms. The van der Waals surface area contributed by atoms with Gasteiger partial charge in [-0.3, -0.25) is 4.68 Å². The Labute approximate surface area is 92.1 Å². The molecule has 0 saturated carbocycles. The minimum atomic E-state index is 0.825. The van der Waals surface area contributed by atoms with E-state index in [9.17, 15) is 0 Å². The lowest BCUT2D eigenvalue weighted by molar-refractivity contribution is 0.516. The van der Waals surface area contributed by atoms with Crippen LogP contribution in [0.3, 0.4) is 0 Å². The summed E-state index contributed by atoms with van der Waals surface area (Å²) in [5, 5.41) is 11.1. The molecule has 86 valence electrons. The number of aromatic nitrogens is 3. The number of unbranched alkanes of at least 4 members (excludes halogenated alkanes) is 1. The van der Waals surface area contributed by atoms with Crippen molar-refractivity contribution in [3.05, 3.63) is 11.9 Å². The molecule has 0 unspecified atom stereocenters. The smallest absolute Gasteiger partial charge is 0.0738 e. The van der Waals surface area contributed by atoms with Crippen LogP contribution in [0.1, 0.15) is 38.8 Å². The summed E-state index contributed by atoms with van der Waals surface area (Å²) in [7, 11) is 1.92. The van der Waals surface area contributed by atoms with Gasteiger partial charge < -0.3 is 5.32 Å². The Balaban J connectivity index is 2.00. The van der Waals surface area contributed by atoms with Crippen molar-refractivity contribution in [3.8, 4) is 0 Å². The molecule has 0 saturated heterocycles. The normalized spacial score (nSPS) is 11.2. The van der Waals surface area contributed by atoms with Crippen molar-refractivity contribution in [3.63, 3.8) is 0 Å². The number of hydrogen-bond acceptors (Lipinski definition) is 3. The molecule has 1 aromatic rings. The summed E-state index contributed by atoms with van der Waals surface area (Å²) in [6.07, 6.45) is 5.70. The molecule has 0 radical (unpaired) electrons. The fourth-order valence-electron chi connectivity index (χ4n) is 1.49. The maximum Gasteiger partial charge on any atom is 0.0738 e. The topological polar surface area (TPSA) is 42.7 Å². The van der Waals surface area contributed by atoms with E-state index in [2.05, 4.69) is 29.5 Å². The van der Waals surface area contributed by atoms with Crippen LogP contribution in [0, 0.1) is 5.92 Å². The van der Waals surface area contributed by atoms with Crippen LogP contribution in [0.2, 0.25) is 0 Å². The van der Waals surface area contributed by atoms with Gasteiger partial charge in [0.1, 0.15) is 0 Å². The third kappa shape index (κ3) is 4.93. The Kier molecular flexibility index (Phi) is 5.32. The van der Waals surface area contributed by atoms with Crippen LogP contribution in [-0.2, 0) is 13.6 Å². The molecule has 0 aromatic carbocycles. The molecule has 4 heteroatoms. The van der Waals surface area contributed by atoms with E-state index in [1.165, 1.54) is 19.3 Å². The van der Waals surface area contributed by atoms with E-state index in [-0.39, 0.29) is 0 Å². The summed E-state index contributed by atoms with van der Waals surface area (Å²) in [6, 6.07) is 0. The minimum Gasteiger partial charge on any atom is -0.311 e. The molecule has 1 heterocycles. The van der Waals surface area contributed by atoms with Crippen LogP contribution in [0.5, 0.6) is 0 Å². The van der Waals surface area contributed by atoms with Crippen molar-refractivity contribution in [2.75, 3.05) is 6.54 Å². The highest BCUT2D eigenvalue weighted by atomic mass is 15.4. The first-order chi connectivity index (χ1) is 7.20. The van der Waals surface area contributed by atoms with Gasteiger partial charge in [-0.15, -0.1) is 5.10 Å². The van der Waals surface area contributed by atoms with Gasteiger partial charge in [0.2, 0.25) is 0 Å². The Morgan fingerprint density at radius 3 is 2.80 bits per heavy atom. The Bertz CT molecular complexity index is 267. The average molecular weight is 210 g/mol. The van der Waals surface area contributed by atoms with Gasteiger partial charge in [0.15, 0.2) is 0 Å². The number of rotatable bonds is 7. The molecule has 1 N–H and O–H groups in total. The van der Waals surface area contributed by atoms with Crippen LogP contribution < -0.4 is 5.32 Å². The number of nitrogens with one attached hydrogen (secondary N) is 1. The zero-order valence-corrected chi connectivity index (χ0v) is 10.0. The van der Waals surface area contributed by atoms with E-state index in [1.807, 2.05) is 7.05 Å². The van der Waals surface area contributed by atoms with Crippen LogP contribution in [-0.4, -0.2) is 21.5 Å². The largest absolute Gasteiger partial charge is 0.311 e. The predicted octanol–water partition coefficient (Wildman–Crippen LogP) is 1.73. The van der Waals surface area contributed by atoms with Gasteiger partial charge in [-0.2, -0.15) is 0 Å². The monoisotopic (exact) mass is 210 g/mol. The Morgan fingerprint density at radius 2 is 2.20 bits per heavy atom. The lowest BCUT2D eigenvalue weighted by Gasteiger charge is -2.06. The highest BCUT2D eigenvalue weighted by Crippen LogP contribution is 2.05. The SMILES string of the molecule is CC(C)CCCCNCc1cnnn1C. The first-order valence-electron chi connectivity index (χ1n) is 5.74. The van der Waals surface area contributed by atoms with Crippen molar-refractivity contribution < 1.29 is 0 Å². The highest BCUT2D eigenvalue weighted by molar-refractivity contribution is 4.91. The third-order valence-corrected chi connectivity index (χ3v) is 2.50. The van der Waals surface area contributed by atoms with Gasteiger partial charge in [-0.05, 0) is 18.9 Å². The summed E-state index contributed by atoms with van der Waals surface area (Å²) < 4.78 is 1.81. The molecule has 1 aromatic heterocycles. The lowest BCUT2D eigenvalue weighted by Crippen LogP contribution is -2.17. The first kappa shape index (κ1) is 12.2. The molecule has 0 aliphatic carbocycles. The summed E-state index contributed by atoms with van der Waals surface area (Å²) in [5.41, 5.74) is 1.14. The van der Waals surface area contributed by atoms with E-state index in [0.29, 0.717) is 0 Å². The maximum absolute atomic E-state index is 3.88. The zero-order chi connectivity index (χ0) is 11.1. The fourth-order valence-corrected chi connectivity index (χ4v) is 1.49. The molecule has 0 atom stereocenters. The molecular formula is C11H22N4. The first-order valence-corrected chi connectivity index (χ1v) is 5.74. The van der Waals surface area contributed by atoms with E-state index < -0.39 is 0 Å². The van der Waals surface area contributed by atoms with Crippen LogP contribution in [0.4, 0.5) is 0 Å². The molecule has 4 nitrogen and oxygen atoms in total. The maximum atomic E-state index is 3.88. The average Bonchev–Trinajstić information content (AvgIpc) is 2.57. The molecule has 0 amide bonds. The summed E-state index contributed by atoms with van der Waals surface area (Å²) in [4.78, 5) is 0. The van der Waals surface area contributed by atoms with Crippen molar-refractivity contribution in [1.82, 2.24) is 20.3 Å². The standard InChI is InChI=1S/C11H22N4/c1-10(2)6-4-5-7-12-8-11-9-13-14-15(11)3/h9-10,12H,4-8H2,1-3H3. The highest BCUT2D eigenvalue weighted by Gasteiger charge is 1.98. The van der Waals surface area contributed by atoms with Gasteiger partial charge in [0.25, 0.3) is 0 Å². The summed E-state index contributed by atoms with van der Waals surface area (Å²) in [6.45, 7) is 6.49. The third-order valence-electron chi connectivity index (χ3n) is 2.50. The van der Waals surface area contributed by atoms with Crippen LogP contribution in [0.15, 0.2) is 6.20 Å². The summed E-state index contributed by atoms with van der Waals surface area (Å²) >= 11 is 0. The Hall–Kier alpha value is -0.900. The molecular weight excluding hydrogens is 188 g/mol. The second kappa shape index (κ2) is 6.56. The molecule has 0 fully saturated rings. The van der Waals surface area contributed by atoms with Crippen LogP contribution in [0.25, 0.3) is 0 Å². The van der Waals surface area contributed by atoms with Gasteiger partial charge in [0.05, 0.1) is 11.9 Å². The summed E-state index contributed by atoms with van der Waals surface area (Å²) in [5.74, 6) is 0.825. The molecule has 0 spiro atoms. The lowest BCUT2D eigenvalue weighted by atomic mass is 10.1.